The number of benzene rings is 1. The van der Waals surface area contributed by atoms with Crippen LogP contribution in [0.5, 0.6) is 0 Å². The maximum absolute atomic E-state index is 6.02. The van der Waals surface area contributed by atoms with Crippen molar-refractivity contribution in [2.45, 2.75) is 18.5 Å². The van der Waals surface area contributed by atoms with Crippen molar-refractivity contribution in [1.29, 1.82) is 0 Å². The lowest BCUT2D eigenvalue weighted by Crippen LogP contribution is -2.30. The van der Waals surface area contributed by atoms with Crippen LogP contribution in [0.15, 0.2) is 53.1 Å². The Morgan fingerprint density at radius 1 is 1.17 bits per heavy atom. The minimum absolute atomic E-state index is 0.190. The number of hydrogen-bond acceptors (Lipinski definition) is 3. The zero-order valence-electron chi connectivity index (χ0n) is 10.3. The molecule has 2 N–H and O–H groups in total. The Labute approximate surface area is 107 Å². The van der Waals surface area contributed by atoms with Crippen molar-refractivity contribution in [3.05, 3.63) is 60.1 Å². The molecule has 3 heteroatoms. The maximum atomic E-state index is 6.02. The summed E-state index contributed by atoms with van der Waals surface area (Å²) in [5.74, 6) is 0.996. The molecule has 1 aliphatic rings. The molecule has 1 saturated heterocycles. The number of nitrogens with zero attached hydrogens (tertiary/aromatic N) is 1. The molecule has 1 fully saturated rings. The summed E-state index contributed by atoms with van der Waals surface area (Å²) < 4.78 is 5.62. The second kappa shape index (κ2) is 4.96. The van der Waals surface area contributed by atoms with Gasteiger partial charge >= 0.3 is 0 Å². The summed E-state index contributed by atoms with van der Waals surface area (Å²) >= 11 is 0. The third-order valence-corrected chi connectivity index (χ3v) is 3.55. The summed E-state index contributed by atoms with van der Waals surface area (Å²) in [6, 6.07) is 14.9. The lowest BCUT2D eigenvalue weighted by Gasteiger charge is -2.26. The van der Waals surface area contributed by atoms with Gasteiger partial charge in [0.1, 0.15) is 5.76 Å². The van der Waals surface area contributed by atoms with Crippen molar-refractivity contribution in [2.75, 3.05) is 13.1 Å². The monoisotopic (exact) mass is 242 g/mol. The van der Waals surface area contributed by atoms with Crippen molar-refractivity contribution < 1.29 is 4.42 Å². The number of hydrogen-bond donors (Lipinski definition) is 1. The van der Waals surface area contributed by atoms with Crippen molar-refractivity contribution >= 4 is 0 Å². The van der Waals surface area contributed by atoms with E-state index in [9.17, 15) is 0 Å². The van der Waals surface area contributed by atoms with Crippen molar-refractivity contribution in [3.8, 4) is 0 Å². The summed E-state index contributed by atoms with van der Waals surface area (Å²) in [5.41, 5.74) is 7.29. The van der Waals surface area contributed by atoms with Crippen LogP contribution in [0, 0.1) is 0 Å². The quantitative estimate of drug-likeness (QED) is 0.898. The van der Waals surface area contributed by atoms with Gasteiger partial charge in [-0.05, 0) is 24.1 Å². The van der Waals surface area contributed by atoms with Gasteiger partial charge in [0.05, 0.1) is 12.3 Å². The first-order valence-corrected chi connectivity index (χ1v) is 6.42. The first-order valence-electron chi connectivity index (χ1n) is 6.42. The molecule has 1 aliphatic heterocycles. The standard InChI is InChI=1S/C15H18N2O/c16-13-8-9-17(11-13)15(14-7-4-10-18-14)12-5-2-1-3-6-12/h1-7,10,13,15H,8-9,11,16H2. The Morgan fingerprint density at radius 2 is 2.00 bits per heavy atom. The molecule has 0 aliphatic carbocycles. The number of nitrogens with two attached hydrogens (primary N) is 1. The second-order valence-corrected chi connectivity index (χ2v) is 4.87. The van der Waals surface area contributed by atoms with Crippen LogP contribution in [0.4, 0.5) is 0 Å². The van der Waals surface area contributed by atoms with Crippen molar-refractivity contribution in [3.63, 3.8) is 0 Å². The predicted molar refractivity (Wildman–Crippen MR) is 71.2 cm³/mol. The highest BCUT2D eigenvalue weighted by atomic mass is 16.3. The highest BCUT2D eigenvalue weighted by Gasteiger charge is 2.29. The van der Waals surface area contributed by atoms with Crippen LogP contribution in [0.1, 0.15) is 23.8 Å². The van der Waals surface area contributed by atoms with Gasteiger partial charge in [-0.1, -0.05) is 30.3 Å². The number of furan rings is 1. The number of rotatable bonds is 3. The predicted octanol–water partition coefficient (Wildman–Crippen LogP) is 2.40. The molecule has 2 heterocycles. The Balaban J connectivity index is 1.94. The van der Waals surface area contributed by atoms with E-state index in [2.05, 4.69) is 29.2 Å². The van der Waals surface area contributed by atoms with Gasteiger partial charge < -0.3 is 10.2 Å². The zero-order valence-corrected chi connectivity index (χ0v) is 10.3. The summed E-state index contributed by atoms with van der Waals surface area (Å²) in [7, 11) is 0. The molecular weight excluding hydrogens is 224 g/mol. The van der Waals surface area contributed by atoms with Crippen molar-refractivity contribution in [2.24, 2.45) is 5.73 Å². The summed E-state index contributed by atoms with van der Waals surface area (Å²) in [4.78, 5) is 2.40. The molecule has 2 atom stereocenters. The molecular formula is C15H18N2O. The zero-order chi connectivity index (χ0) is 12.4. The largest absolute Gasteiger partial charge is 0.467 e. The maximum Gasteiger partial charge on any atom is 0.125 e. The van der Waals surface area contributed by atoms with Crippen LogP contribution < -0.4 is 5.73 Å². The molecule has 18 heavy (non-hydrogen) atoms. The van der Waals surface area contributed by atoms with E-state index in [1.165, 1.54) is 5.56 Å². The molecule has 0 spiro atoms. The summed E-state index contributed by atoms with van der Waals surface area (Å²) in [6.45, 7) is 1.96. The van der Waals surface area contributed by atoms with Gasteiger partial charge in [-0.3, -0.25) is 4.90 Å². The van der Waals surface area contributed by atoms with Crippen LogP contribution in [0.25, 0.3) is 0 Å². The topological polar surface area (TPSA) is 42.4 Å². The third kappa shape index (κ3) is 2.19. The molecule has 0 radical (unpaired) electrons. The van der Waals surface area contributed by atoms with Gasteiger partial charge in [0, 0.05) is 19.1 Å². The SMILES string of the molecule is NC1CCN(C(c2ccccc2)c2ccco2)C1. The third-order valence-electron chi connectivity index (χ3n) is 3.55. The fourth-order valence-electron chi connectivity index (χ4n) is 2.69. The number of likely N-dealkylation sites (tertiary alicyclic amines) is 1. The summed E-state index contributed by atoms with van der Waals surface area (Å²) in [5, 5.41) is 0. The molecule has 0 bridgehead atoms. The molecule has 1 aromatic heterocycles. The minimum atomic E-state index is 0.190. The van der Waals surface area contributed by atoms with E-state index < -0.39 is 0 Å². The molecule has 3 rings (SSSR count). The van der Waals surface area contributed by atoms with E-state index in [0.29, 0.717) is 0 Å². The second-order valence-electron chi connectivity index (χ2n) is 4.87. The Morgan fingerprint density at radius 3 is 2.61 bits per heavy atom. The van der Waals surface area contributed by atoms with Crippen LogP contribution in [-0.2, 0) is 0 Å². The molecule has 94 valence electrons. The van der Waals surface area contributed by atoms with Gasteiger partial charge in [-0.25, -0.2) is 0 Å². The van der Waals surface area contributed by atoms with E-state index in [-0.39, 0.29) is 12.1 Å². The average molecular weight is 242 g/mol. The van der Waals surface area contributed by atoms with Crippen molar-refractivity contribution in [1.82, 2.24) is 4.90 Å². The molecule has 1 aromatic carbocycles. The van der Waals surface area contributed by atoms with Gasteiger partial charge in [-0.15, -0.1) is 0 Å². The van der Waals surface area contributed by atoms with Crippen LogP contribution in [0.3, 0.4) is 0 Å². The van der Waals surface area contributed by atoms with E-state index >= 15 is 0 Å². The van der Waals surface area contributed by atoms with Crippen LogP contribution >= 0.6 is 0 Å². The van der Waals surface area contributed by atoms with Gasteiger partial charge in [-0.2, -0.15) is 0 Å². The smallest absolute Gasteiger partial charge is 0.125 e. The summed E-state index contributed by atoms with van der Waals surface area (Å²) in [6.07, 6.45) is 2.80. The molecule has 0 saturated carbocycles. The highest BCUT2D eigenvalue weighted by Crippen LogP contribution is 2.31. The normalized spacial score (nSPS) is 22.2. The van der Waals surface area contributed by atoms with E-state index in [4.69, 9.17) is 10.2 Å². The molecule has 2 unspecified atom stereocenters. The fraction of sp³-hybridized carbons (Fsp3) is 0.333. The molecule has 2 aromatic rings. The van der Waals surface area contributed by atoms with Crippen LogP contribution in [0.2, 0.25) is 0 Å². The fourth-order valence-corrected chi connectivity index (χ4v) is 2.69. The van der Waals surface area contributed by atoms with E-state index in [1.54, 1.807) is 6.26 Å². The van der Waals surface area contributed by atoms with Gasteiger partial charge in [0.25, 0.3) is 0 Å². The van der Waals surface area contributed by atoms with Gasteiger partial charge in [0.2, 0.25) is 0 Å². The Bertz CT molecular complexity index is 480. The highest BCUT2D eigenvalue weighted by molar-refractivity contribution is 5.27. The van der Waals surface area contributed by atoms with Gasteiger partial charge in [0.15, 0.2) is 0 Å². The lowest BCUT2D eigenvalue weighted by atomic mass is 10.0. The molecule has 3 nitrogen and oxygen atoms in total. The lowest BCUT2D eigenvalue weighted by molar-refractivity contribution is 0.246. The van der Waals surface area contributed by atoms with Crippen LogP contribution in [-0.4, -0.2) is 24.0 Å². The Hall–Kier alpha value is -1.58. The minimum Gasteiger partial charge on any atom is -0.467 e. The molecule has 0 amide bonds. The average Bonchev–Trinajstić information content (AvgIpc) is 3.04. The van der Waals surface area contributed by atoms with E-state index in [1.807, 2.05) is 18.2 Å². The Kier molecular flexibility index (Phi) is 3.17. The first-order chi connectivity index (χ1) is 8.84. The first kappa shape index (κ1) is 11.5. The van der Waals surface area contributed by atoms with E-state index in [0.717, 1.165) is 25.3 Å².